The maximum atomic E-state index is 12.2. The molecule has 0 spiro atoms. The number of amides is 1. The lowest BCUT2D eigenvalue weighted by atomic mass is 10.1. The Kier molecular flexibility index (Phi) is 6.47. The summed E-state index contributed by atoms with van der Waals surface area (Å²) < 4.78 is 15.8. The molecule has 0 bridgehead atoms. The number of ether oxygens (including phenoxy) is 3. The van der Waals surface area contributed by atoms with E-state index in [-0.39, 0.29) is 19.1 Å². The van der Waals surface area contributed by atoms with Crippen LogP contribution in [-0.2, 0) is 0 Å². The molecule has 124 valence electrons. The van der Waals surface area contributed by atoms with Crippen LogP contribution in [-0.4, -0.2) is 38.3 Å². The van der Waals surface area contributed by atoms with Crippen LogP contribution in [0, 0.1) is 11.8 Å². The minimum atomic E-state index is -0.284. The zero-order chi connectivity index (χ0) is 17.2. The van der Waals surface area contributed by atoms with Crippen molar-refractivity contribution >= 4 is 5.91 Å². The van der Waals surface area contributed by atoms with Crippen molar-refractivity contribution in [1.82, 2.24) is 10.3 Å². The molecule has 1 heterocycles. The van der Waals surface area contributed by atoms with Gasteiger partial charge in [-0.2, -0.15) is 0 Å². The topological polar surface area (TPSA) is 69.7 Å². The van der Waals surface area contributed by atoms with Gasteiger partial charge in [0, 0.05) is 6.20 Å². The van der Waals surface area contributed by atoms with Crippen molar-refractivity contribution in [2.24, 2.45) is 0 Å². The van der Waals surface area contributed by atoms with Gasteiger partial charge in [-0.05, 0) is 24.3 Å². The number of carbonyl (C=O) groups excluding carboxylic acids is 1. The number of pyridine rings is 1. The Hall–Kier alpha value is -3.20. The quantitative estimate of drug-likeness (QED) is 0.821. The summed E-state index contributed by atoms with van der Waals surface area (Å²) in [5, 5.41) is 2.71. The predicted molar refractivity (Wildman–Crippen MR) is 89.4 cm³/mol. The molecule has 0 aliphatic rings. The van der Waals surface area contributed by atoms with E-state index in [1.165, 1.54) is 14.2 Å². The lowest BCUT2D eigenvalue weighted by Gasteiger charge is -2.11. The largest absolute Gasteiger partial charge is 0.493 e. The molecule has 0 saturated heterocycles. The molecule has 0 unspecified atom stereocenters. The van der Waals surface area contributed by atoms with Gasteiger partial charge >= 0.3 is 0 Å². The maximum Gasteiger partial charge on any atom is 0.255 e. The molecule has 0 aliphatic heterocycles. The summed E-state index contributed by atoms with van der Waals surface area (Å²) in [4.78, 5) is 16.1. The number of benzene rings is 1. The minimum absolute atomic E-state index is 0.204. The highest BCUT2D eigenvalue weighted by molar-refractivity contribution is 5.97. The molecular weight excluding hydrogens is 308 g/mol. The minimum Gasteiger partial charge on any atom is -0.493 e. The van der Waals surface area contributed by atoms with Crippen LogP contribution in [0.2, 0.25) is 0 Å². The molecule has 6 heteroatoms. The summed E-state index contributed by atoms with van der Waals surface area (Å²) in [6, 6.07) is 8.69. The van der Waals surface area contributed by atoms with Crippen molar-refractivity contribution in [3.8, 4) is 29.1 Å². The van der Waals surface area contributed by atoms with Gasteiger partial charge in [0.1, 0.15) is 12.4 Å². The lowest BCUT2D eigenvalue weighted by molar-refractivity contribution is 0.0955. The van der Waals surface area contributed by atoms with Crippen LogP contribution < -0.4 is 19.5 Å². The highest BCUT2D eigenvalue weighted by Crippen LogP contribution is 2.30. The summed E-state index contributed by atoms with van der Waals surface area (Å²) in [6.07, 6.45) is 3.28. The van der Waals surface area contributed by atoms with Gasteiger partial charge in [-0.15, -0.1) is 0 Å². The van der Waals surface area contributed by atoms with Gasteiger partial charge in [-0.1, -0.05) is 17.9 Å². The van der Waals surface area contributed by atoms with E-state index in [1.807, 2.05) is 0 Å². The van der Waals surface area contributed by atoms with Crippen molar-refractivity contribution in [3.05, 3.63) is 48.3 Å². The zero-order valence-electron chi connectivity index (χ0n) is 13.5. The molecule has 1 N–H and O–H groups in total. The van der Waals surface area contributed by atoms with Crippen LogP contribution in [0.15, 0.2) is 42.7 Å². The molecular formula is C18H18N2O4. The van der Waals surface area contributed by atoms with Crippen molar-refractivity contribution in [1.29, 1.82) is 0 Å². The number of aromatic nitrogens is 1. The van der Waals surface area contributed by atoms with Crippen molar-refractivity contribution in [2.45, 2.75) is 0 Å². The van der Waals surface area contributed by atoms with Crippen LogP contribution >= 0.6 is 0 Å². The third-order valence-corrected chi connectivity index (χ3v) is 3.06. The Morgan fingerprint density at radius 3 is 2.75 bits per heavy atom. The highest BCUT2D eigenvalue weighted by Gasteiger charge is 2.15. The number of rotatable bonds is 6. The van der Waals surface area contributed by atoms with E-state index in [1.54, 1.807) is 42.7 Å². The SMILES string of the molecule is COc1cccc(C(=O)NCC#CCOc2cccnc2)c1OC. The molecule has 0 radical (unpaired) electrons. The predicted octanol–water partition coefficient (Wildman–Crippen LogP) is 1.91. The van der Waals surface area contributed by atoms with E-state index in [0.29, 0.717) is 22.8 Å². The number of nitrogens with zero attached hydrogens (tertiary/aromatic N) is 1. The van der Waals surface area contributed by atoms with Gasteiger partial charge in [0.2, 0.25) is 0 Å². The molecule has 1 aromatic carbocycles. The molecule has 24 heavy (non-hydrogen) atoms. The monoisotopic (exact) mass is 326 g/mol. The summed E-state index contributed by atoms with van der Waals surface area (Å²) in [6.45, 7) is 0.430. The number of hydrogen-bond acceptors (Lipinski definition) is 5. The summed E-state index contributed by atoms with van der Waals surface area (Å²) in [7, 11) is 3.01. The molecule has 2 rings (SSSR count). The average Bonchev–Trinajstić information content (AvgIpc) is 2.64. The van der Waals surface area contributed by atoms with Crippen molar-refractivity contribution in [2.75, 3.05) is 27.4 Å². The number of nitrogens with one attached hydrogen (secondary N) is 1. The van der Waals surface area contributed by atoms with Crippen molar-refractivity contribution < 1.29 is 19.0 Å². The Bertz CT molecular complexity index is 736. The number of hydrogen-bond donors (Lipinski definition) is 1. The number of methoxy groups -OCH3 is 2. The number of para-hydroxylation sites is 1. The molecule has 6 nitrogen and oxygen atoms in total. The summed E-state index contributed by atoms with van der Waals surface area (Å²) >= 11 is 0. The molecule has 0 fully saturated rings. The van der Waals surface area contributed by atoms with Gasteiger partial charge in [0.25, 0.3) is 5.91 Å². The second-order valence-corrected chi connectivity index (χ2v) is 4.55. The first-order valence-corrected chi connectivity index (χ1v) is 7.24. The van der Waals surface area contributed by atoms with Gasteiger partial charge in [-0.25, -0.2) is 0 Å². The molecule has 0 saturated carbocycles. The fourth-order valence-electron chi connectivity index (χ4n) is 1.95. The fraction of sp³-hybridized carbons (Fsp3) is 0.222. The second-order valence-electron chi connectivity index (χ2n) is 4.55. The Morgan fingerprint density at radius 2 is 2.04 bits per heavy atom. The average molecular weight is 326 g/mol. The third kappa shape index (κ3) is 4.65. The van der Waals surface area contributed by atoms with Crippen LogP contribution in [0.3, 0.4) is 0 Å². The van der Waals surface area contributed by atoms with Crippen LogP contribution in [0.25, 0.3) is 0 Å². The summed E-state index contributed by atoms with van der Waals surface area (Å²) in [5.41, 5.74) is 0.394. The zero-order valence-corrected chi connectivity index (χ0v) is 13.5. The van der Waals surface area contributed by atoms with Gasteiger partial charge in [0.05, 0.1) is 32.5 Å². The lowest BCUT2D eigenvalue weighted by Crippen LogP contribution is -2.24. The van der Waals surface area contributed by atoms with E-state index >= 15 is 0 Å². The molecule has 1 aromatic heterocycles. The van der Waals surface area contributed by atoms with E-state index < -0.39 is 0 Å². The first-order chi connectivity index (χ1) is 11.8. The summed E-state index contributed by atoms with van der Waals surface area (Å²) in [5.74, 6) is 6.90. The Balaban J connectivity index is 1.85. The van der Waals surface area contributed by atoms with E-state index in [4.69, 9.17) is 14.2 Å². The first-order valence-electron chi connectivity index (χ1n) is 7.24. The molecule has 0 atom stereocenters. The smallest absolute Gasteiger partial charge is 0.255 e. The highest BCUT2D eigenvalue weighted by atomic mass is 16.5. The first kappa shape index (κ1) is 17.2. The standard InChI is InChI=1S/C18H18N2O4/c1-22-16-9-5-8-15(17(16)23-2)18(21)20-11-3-4-12-24-14-7-6-10-19-13-14/h5-10,13H,11-12H2,1-2H3,(H,20,21). The molecule has 2 aromatic rings. The van der Waals surface area contributed by atoms with Crippen LogP contribution in [0.1, 0.15) is 10.4 Å². The van der Waals surface area contributed by atoms with Gasteiger partial charge in [0.15, 0.2) is 11.5 Å². The van der Waals surface area contributed by atoms with Gasteiger partial charge < -0.3 is 19.5 Å². The Morgan fingerprint density at radius 1 is 1.17 bits per heavy atom. The van der Waals surface area contributed by atoms with Crippen molar-refractivity contribution in [3.63, 3.8) is 0 Å². The van der Waals surface area contributed by atoms with E-state index in [2.05, 4.69) is 22.1 Å². The van der Waals surface area contributed by atoms with Gasteiger partial charge in [-0.3, -0.25) is 9.78 Å². The van der Waals surface area contributed by atoms with E-state index in [0.717, 1.165) is 0 Å². The van der Waals surface area contributed by atoms with Crippen LogP contribution in [0.5, 0.6) is 17.2 Å². The Labute approximate surface area is 140 Å². The fourth-order valence-corrected chi connectivity index (χ4v) is 1.95. The van der Waals surface area contributed by atoms with Crippen LogP contribution in [0.4, 0.5) is 0 Å². The molecule has 1 amide bonds. The van der Waals surface area contributed by atoms with E-state index in [9.17, 15) is 4.79 Å². The number of carbonyl (C=O) groups is 1. The second kappa shape index (κ2) is 9.06. The normalized spacial score (nSPS) is 9.42. The third-order valence-electron chi connectivity index (χ3n) is 3.06. The maximum absolute atomic E-state index is 12.2. The molecule has 0 aliphatic carbocycles.